The van der Waals surface area contributed by atoms with Gasteiger partial charge in [0.25, 0.3) is 5.69 Å². The van der Waals surface area contributed by atoms with Crippen LogP contribution in [-0.4, -0.2) is 55.4 Å². The lowest BCUT2D eigenvalue weighted by molar-refractivity contribution is -0.384. The fraction of sp³-hybridized carbons (Fsp3) is 0.538. The minimum atomic E-state index is -0.417. The number of nitrogens with zero attached hydrogens (tertiary/aromatic N) is 2. The van der Waals surface area contributed by atoms with Crippen LogP contribution in [0, 0.1) is 10.1 Å². The van der Waals surface area contributed by atoms with Gasteiger partial charge in [0.1, 0.15) is 12.4 Å². The second-order valence-electron chi connectivity index (χ2n) is 4.64. The first kappa shape index (κ1) is 14.7. The molecule has 0 bridgehead atoms. The molecule has 1 unspecified atom stereocenters. The molecule has 2 rings (SSSR count). The average molecular weight is 283 g/mol. The van der Waals surface area contributed by atoms with Crippen molar-refractivity contribution < 1.29 is 14.1 Å². The van der Waals surface area contributed by atoms with E-state index in [0.717, 1.165) is 6.54 Å². The summed E-state index contributed by atoms with van der Waals surface area (Å²) in [4.78, 5) is 12.5. The number of alkyl halides is 1. The van der Waals surface area contributed by atoms with Crippen LogP contribution in [0.2, 0.25) is 0 Å². The predicted octanol–water partition coefficient (Wildman–Crippen LogP) is 1.68. The third-order valence-electron chi connectivity index (χ3n) is 3.24. The Hall–Kier alpha value is -1.73. The number of rotatable bonds is 6. The number of hydrogen-bond donors (Lipinski definition) is 1. The van der Waals surface area contributed by atoms with Gasteiger partial charge in [0.2, 0.25) is 0 Å². The summed E-state index contributed by atoms with van der Waals surface area (Å²) in [6.07, 6.45) is -0.0879. The summed E-state index contributed by atoms with van der Waals surface area (Å²) in [6, 6.07) is 6.50. The standard InChI is InChI=1S/C13H18FN3O3/c14-5-6-16-7-8-20-11(10-16)9-15-12-3-1-2-4-13(12)17(18)19/h1-4,11,15H,5-10H2. The molecule has 0 saturated carbocycles. The average Bonchev–Trinajstić information content (AvgIpc) is 2.46. The molecule has 1 aliphatic heterocycles. The topological polar surface area (TPSA) is 67.6 Å². The highest BCUT2D eigenvalue weighted by atomic mass is 19.1. The van der Waals surface area contributed by atoms with Gasteiger partial charge in [-0.1, -0.05) is 12.1 Å². The summed E-state index contributed by atoms with van der Waals surface area (Å²) < 4.78 is 17.9. The number of nitrogens with one attached hydrogen (secondary N) is 1. The smallest absolute Gasteiger partial charge is 0.292 e. The predicted molar refractivity (Wildman–Crippen MR) is 73.7 cm³/mol. The molecular formula is C13H18FN3O3. The van der Waals surface area contributed by atoms with Crippen LogP contribution in [0.4, 0.5) is 15.8 Å². The molecule has 6 nitrogen and oxygen atoms in total. The van der Waals surface area contributed by atoms with Crippen molar-refractivity contribution in [1.82, 2.24) is 4.90 Å². The summed E-state index contributed by atoms with van der Waals surface area (Å²) >= 11 is 0. The third kappa shape index (κ3) is 3.88. The van der Waals surface area contributed by atoms with Crippen molar-refractivity contribution in [3.63, 3.8) is 0 Å². The van der Waals surface area contributed by atoms with Crippen molar-refractivity contribution in [1.29, 1.82) is 0 Å². The van der Waals surface area contributed by atoms with Crippen molar-refractivity contribution in [2.75, 3.05) is 44.8 Å². The SMILES string of the molecule is O=[N+]([O-])c1ccccc1NCC1CN(CCF)CCO1. The van der Waals surface area contributed by atoms with Gasteiger partial charge in [0, 0.05) is 32.2 Å². The Morgan fingerprint density at radius 2 is 2.30 bits per heavy atom. The lowest BCUT2D eigenvalue weighted by atomic mass is 10.2. The Bertz CT molecular complexity index is 456. The van der Waals surface area contributed by atoms with E-state index in [0.29, 0.717) is 31.9 Å². The highest BCUT2D eigenvalue weighted by molar-refractivity contribution is 5.61. The summed E-state index contributed by atoms with van der Waals surface area (Å²) in [7, 11) is 0. The number of nitro groups is 1. The number of ether oxygens (including phenoxy) is 1. The maximum absolute atomic E-state index is 12.3. The zero-order chi connectivity index (χ0) is 14.4. The van der Waals surface area contributed by atoms with Crippen molar-refractivity contribution in [2.24, 2.45) is 0 Å². The lowest BCUT2D eigenvalue weighted by Crippen LogP contribution is -2.45. The van der Waals surface area contributed by atoms with Gasteiger partial charge in [-0.2, -0.15) is 0 Å². The summed E-state index contributed by atoms with van der Waals surface area (Å²) in [5.41, 5.74) is 0.521. The van der Waals surface area contributed by atoms with E-state index < -0.39 is 4.92 Å². The number of anilines is 1. The van der Waals surface area contributed by atoms with E-state index >= 15 is 0 Å². The number of para-hydroxylation sites is 2. The largest absolute Gasteiger partial charge is 0.377 e. The molecule has 1 N–H and O–H groups in total. The van der Waals surface area contributed by atoms with Crippen LogP contribution in [0.5, 0.6) is 0 Å². The Morgan fingerprint density at radius 3 is 3.05 bits per heavy atom. The van der Waals surface area contributed by atoms with Crippen molar-refractivity contribution >= 4 is 11.4 Å². The van der Waals surface area contributed by atoms with Crippen LogP contribution in [0.1, 0.15) is 0 Å². The first-order valence-electron chi connectivity index (χ1n) is 6.58. The molecule has 0 radical (unpaired) electrons. The first-order valence-corrected chi connectivity index (χ1v) is 6.58. The fourth-order valence-corrected chi connectivity index (χ4v) is 2.23. The van der Waals surface area contributed by atoms with Crippen LogP contribution in [-0.2, 0) is 4.74 Å². The lowest BCUT2D eigenvalue weighted by Gasteiger charge is -2.32. The monoisotopic (exact) mass is 283 g/mol. The summed E-state index contributed by atoms with van der Waals surface area (Å²) in [5, 5.41) is 13.9. The number of morpholine rings is 1. The van der Waals surface area contributed by atoms with E-state index in [1.807, 2.05) is 4.90 Å². The van der Waals surface area contributed by atoms with Crippen LogP contribution in [0.3, 0.4) is 0 Å². The maximum Gasteiger partial charge on any atom is 0.292 e. The zero-order valence-electron chi connectivity index (χ0n) is 11.1. The minimum Gasteiger partial charge on any atom is -0.377 e. The summed E-state index contributed by atoms with van der Waals surface area (Å²) in [5.74, 6) is 0. The van der Waals surface area contributed by atoms with Gasteiger partial charge < -0.3 is 10.1 Å². The molecule has 1 aromatic carbocycles. The molecular weight excluding hydrogens is 265 g/mol. The van der Waals surface area contributed by atoms with E-state index in [9.17, 15) is 14.5 Å². The van der Waals surface area contributed by atoms with Crippen molar-refractivity contribution in [3.05, 3.63) is 34.4 Å². The molecule has 1 saturated heterocycles. The van der Waals surface area contributed by atoms with E-state index in [4.69, 9.17) is 4.74 Å². The van der Waals surface area contributed by atoms with E-state index in [2.05, 4.69) is 5.32 Å². The molecule has 0 amide bonds. The van der Waals surface area contributed by atoms with Gasteiger partial charge >= 0.3 is 0 Å². The summed E-state index contributed by atoms with van der Waals surface area (Å²) in [6.45, 7) is 2.43. The molecule has 1 atom stereocenters. The highest BCUT2D eigenvalue weighted by Gasteiger charge is 2.21. The molecule has 20 heavy (non-hydrogen) atoms. The number of hydrogen-bond acceptors (Lipinski definition) is 5. The minimum absolute atomic E-state index is 0.0453. The van der Waals surface area contributed by atoms with Crippen LogP contribution in [0.25, 0.3) is 0 Å². The van der Waals surface area contributed by atoms with Gasteiger partial charge in [0.05, 0.1) is 17.6 Å². The van der Waals surface area contributed by atoms with Gasteiger partial charge in [-0.15, -0.1) is 0 Å². The molecule has 1 aromatic rings. The molecule has 7 heteroatoms. The second-order valence-corrected chi connectivity index (χ2v) is 4.64. The Labute approximate surface area is 116 Å². The van der Waals surface area contributed by atoms with Gasteiger partial charge in [0.15, 0.2) is 0 Å². The normalized spacial score (nSPS) is 19.8. The van der Waals surface area contributed by atoms with Crippen LogP contribution in [0.15, 0.2) is 24.3 Å². The Balaban J connectivity index is 1.90. The van der Waals surface area contributed by atoms with Crippen LogP contribution < -0.4 is 5.32 Å². The molecule has 0 spiro atoms. The molecule has 1 aliphatic rings. The number of halogens is 1. The van der Waals surface area contributed by atoms with E-state index in [1.165, 1.54) is 6.07 Å². The Kier molecular flexibility index (Phi) is 5.25. The van der Waals surface area contributed by atoms with Gasteiger partial charge in [-0.05, 0) is 6.07 Å². The molecule has 1 heterocycles. The zero-order valence-corrected chi connectivity index (χ0v) is 11.1. The fourth-order valence-electron chi connectivity index (χ4n) is 2.23. The first-order chi connectivity index (χ1) is 9.70. The van der Waals surface area contributed by atoms with Crippen molar-refractivity contribution in [2.45, 2.75) is 6.10 Å². The quantitative estimate of drug-likeness (QED) is 0.635. The molecule has 0 aliphatic carbocycles. The molecule has 110 valence electrons. The van der Waals surface area contributed by atoms with E-state index in [1.54, 1.807) is 18.2 Å². The van der Waals surface area contributed by atoms with Gasteiger partial charge in [-0.25, -0.2) is 4.39 Å². The Morgan fingerprint density at radius 1 is 1.50 bits per heavy atom. The van der Waals surface area contributed by atoms with E-state index in [-0.39, 0.29) is 18.5 Å². The molecule has 1 fully saturated rings. The molecule has 0 aromatic heterocycles. The van der Waals surface area contributed by atoms with Crippen molar-refractivity contribution in [3.8, 4) is 0 Å². The highest BCUT2D eigenvalue weighted by Crippen LogP contribution is 2.23. The second kappa shape index (κ2) is 7.16. The third-order valence-corrected chi connectivity index (χ3v) is 3.24. The van der Waals surface area contributed by atoms with Gasteiger partial charge in [-0.3, -0.25) is 15.0 Å². The number of benzene rings is 1. The van der Waals surface area contributed by atoms with Crippen LogP contribution >= 0.6 is 0 Å². The number of nitro benzene ring substituents is 1. The maximum atomic E-state index is 12.3.